The monoisotopic (exact) mass is 363 g/mol. The fourth-order valence-electron chi connectivity index (χ4n) is 2.30. The van der Waals surface area contributed by atoms with Gasteiger partial charge in [0.15, 0.2) is 0 Å². The van der Waals surface area contributed by atoms with Crippen LogP contribution in [-0.4, -0.2) is 39.2 Å². The number of pyridine rings is 1. The summed E-state index contributed by atoms with van der Waals surface area (Å²) in [5, 5.41) is 2.75. The molecule has 8 heteroatoms. The highest BCUT2D eigenvalue weighted by atomic mass is 32.2. The van der Waals surface area contributed by atoms with E-state index in [1.807, 2.05) is 6.07 Å². The van der Waals surface area contributed by atoms with Crippen LogP contribution in [0.15, 0.2) is 48.8 Å². The number of sulfonamides is 1. The first-order valence-electron chi connectivity index (χ1n) is 7.68. The molecule has 0 saturated carbocycles. The van der Waals surface area contributed by atoms with Crippen molar-refractivity contribution in [3.05, 3.63) is 54.4 Å². The maximum atomic E-state index is 12.1. The number of amides is 1. The van der Waals surface area contributed by atoms with Crippen molar-refractivity contribution in [2.24, 2.45) is 0 Å². The molecule has 0 fully saturated rings. The summed E-state index contributed by atoms with van der Waals surface area (Å²) in [5.41, 5.74) is 1.29. The molecule has 1 N–H and O–H groups in total. The molecule has 0 atom stereocenters. The molecule has 2 aromatic rings. The van der Waals surface area contributed by atoms with E-state index in [2.05, 4.69) is 10.3 Å². The van der Waals surface area contributed by atoms with Gasteiger partial charge in [-0.1, -0.05) is 18.2 Å². The minimum Gasteiger partial charge on any atom is -0.495 e. The summed E-state index contributed by atoms with van der Waals surface area (Å²) in [7, 11) is -2.08. The van der Waals surface area contributed by atoms with Gasteiger partial charge in [0.2, 0.25) is 15.9 Å². The number of aromatic nitrogens is 1. The van der Waals surface area contributed by atoms with E-state index in [0.29, 0.717) is 18.0 Å². The van der Waals surface area contributed by atoms with Crippen LogP contribution in [0.25, 0.3) is 0 Å². The predicted molar refractivity (Wildman–Crippen MR) is 95.9 cm³/mol. The zero-order valence-corrected chi connectivity index (χ0v) is 15.0. The van der Waals surface area contributed by atoms with Gasteiger partial charge in [0.25, 0.3) is 0 Å². The van der Waals surface area contributed by atoms with Crippen LogP contribution in [0.4, 0.5) is 5.69 Å². The van der Waals surface area contributed by atoms with Crippen LogP contribution in [-0.2, 0) is 21.4 Å². The molecule has 0 spiro atoms. The molecule has 1 heterocycles. The lowest BCUT2D eigenvalue weighted by Gasteiger charge is -2.24. The van der Waals surface area contributed by atoms with Crippen LogP contribution in [0, 0.1) is 0 Å². The number of carbonyl (C=O) groups excluding carboxylic acids is 1. The van der Waals surface area contributed by atoms with E-state index in [-0.39, 0.29) is 18.9 Å². The fourth-order valence-corrected chi connectivity index (χ4v) is 3.23. The molecule has 1 aromatic heterocycles. The second kappa shape index (κ2) is 8.48. The smallest absolute Gasteiger partial charge is 0.232 e. The zero-order chi connectivity index (χ0) is 18.3. The molecule has 0 bridgehead atoms. The van der Waals surface area contributed by atoms with Crippen molar-refractivity contribution in [1.82, 2.24) is 10.3 Å². The van der Waals surface area contributed by atoms with Crippen molar-refractivity contribution in [3.63, 3.8) is 0 Å². The molecule has 0 saturated heterocycles. The Morgan fingerprint density at radius 3 is 2.64 bits per heavy atom. The van der Waals surface area contributed by atoms with Crippen LogP contribution >= 0.6 is 0 Å². The molecule has 2 rings (SSSR count). The van der Waals surface area contributed by atoms with Crippen LogP contribution in [0.5, 0.6) is 5.75 Å². The Kier molecular flexibility index (Phi) is 6.35. The summed E-state index contributed by atoms with van der Waals surface area (Å²) in [6.45, 7) is 0.373. The molecule has 0 unspecified atom stereocenters. The number of rotatable bonds is 8. The largest absolute Gasteiger partial charge is 0.495 e. The number of hydrogen-bond donors (Lipinski definition) is 1. The zero-order valence-electron chi connectivity index (χ0n) is 14.2. The van der Waals surface area contributed by atoms with E-state index in [1.165, 1.54) is 11.4 Å². The van der Waals surface area contributed by atoms with Crippen LogP contribution in [0.1, 0.15) is 12.0 Å². The number of methoxy groups -OCH3 is 1. The van der Waals surface area contributed by atoms with Gasteiger partial charge in [-0.05, 0) is 23.8 Å². The highest BCUT2D eigenvalue weighted by Crippen LogP contribution is 2.29. The predicted octanol–water partition coefficient (Wildman–Crippen LogP) is 1.56. The van der Waals surface area contributed by atoms with E-state index in [4.69, 9.17) is 4.74 Å². The number of benzene rings is 1. The molecule has 134 valence electrons. The maximum absolute atomic E-state index is 12.1. The number of anilines is 1. The van der Waals surface area contributed by atoms with Crippen LogP contribution in [0.3, 0.4) is 0 Å². The fraction of sp³-hybridized carbons (Fsp3) is 0.294. The van der Waals surface area contributed by atoms with Crippen LogP contribution in [0.2, 0.25) is 0 Å². The van der Waals surface area contributed by atoms with Gasteiger partial charge in [0.1, 0.15) is 5.75 Å². The second-order valence-electron chi connectivity index (χ2n) is 5.39. The summed E-state index contributed by atoms with van der Waals surface area (Å²) < 4.78 is 30.6. The quantitative estimate of drug-likeness (QED) is 0.769. The minimum absolute atomic E-state index is 0.0259. The molecule has 0 aliphatic heterocycles. The second-order valence-corrected chi connectivity index (χ2v) is 7.30. The number of ether oxygens (including phenoxy) is 1. The highest BCUT2D eigenvalue weighted by molar-refractivity contribution is 7.92. The molecule has 0 aliphatic carbocycles. The van der Waals surface area contributed by atoms with E-state index >= 15 is 0 Å². The van der Waals surface area contributed by atoms with Gasteiger partial charge in [-0.25, -0.2) is 8.42 Å². The van der Waals surface area contributed by atoms with Crippen molar-refractivity contribution in [2.75, 3.05) is 24.2 Å². The Morgan fingerprint density at radius 2 is 2.00 bits per heavy atom. The Balaban J connectivity index is 2.02. The number of para-hydroxylation sites is 2. The van der Waals surface area contributed by atoms with Crippen molar-refractivity contribution >= 4 is 21.6 Å². The molecule has 7 nitrogen and oxygen atoms in total. The number of hydrogen-bond acceptors (Lipinski definition) is 5. The number of nitrogens with one attached hydrogen (secondary N) is 1. The van der Waals surface area contributed by atoms with Gasteiger partial charge in [-0.2, -0.15) is 0 Å². The normalized spacial score (nSPS) is 11.0. The first-order valence-corrected chi connectivity index (χ1v) is 9.53. The minimum atomic E-state index is -3.55. The van der Waals surface area contributed by atoms with Gasteiger partial charge in [0.05, 0.1) is 19.1 Å². The van der Waals surface area contributed by atoms with Gasteiger partial charge < -0.3 is 10.1 Å². The van der Waals surface area contributed by atoms with E-state index in [1.54, 1.807) is 42.7 Å². The third-order valence-corrected chi connectivity index (χ3v) is 4.69. The Bertz CT molecular complexity index is 810. The van der Waals surface area contributed by atoms with E-state index < -0.39 is 10.0 Å². The van der Waals surface area contributed by atoms with Gasteiger partial charge in [0, 0.05) is 31.9 Å². The molecule has 1 amide bonds. The first kappa shape index (κ1) is 18.7. The average Bonchev–Trinajstić information content (AvgIpc) is 2.60. The summed E-state index contributed by atoms with van der Waals surface area (Å²) in [6.07, 6.45) is 4.46. The van der Waals surface area contributed by atoms with Crippen molar-refractivity contribution in [1.29, 1.82) is 0 Å². The first-order chi connectivity index (χ1) is 11.9. The third-order valence-electron chi connectivity index (χ3n) is 3.51. The highest BCUT2D eigenvalue weighted by Gasteiger charge is 2.21. The summed E-state index contributed by atoms with van der Waals surface area (Å²) >= 11 is 0. The molecule has 0 aliphatic rings. The molecule has 25 heavy (non-hydrogen) atoms. The van der Waals surface area contributed by atoms with Gasteiger partial charge in [-0.15, -0.1) is 0 Å². The van der Waals surface area contributed by atoms with Crippen molar-refractivity contribution < 1.29 is 17.9 Å². The summed E-state index contributed by atoms with van der Waals surface area (Å²) in [5.74, 6) is 0.191. The molecular weight excluding hydrogens is 342 g/mol. The molecule has 1 aromatic carbocycles. The lowest BCUT2D eigenvalue weighted by Crippen LogP contribution is -2.34. The summed E-state index contributed by atoms with van der Waals surface area (Å²) in [6, 6.07) is 10.4. The number of nitrogens with zero attached hydrogens (tertiary/aromatic N) is 2. The van der Waals surface area contributed by atoms with E-state index in [9.17, 15) is 13.2 Å². The lowest BCUT2D eigenvalue weighted by atomic mass is 10.2. The standard InChI is InChI=1S/C17H21N3O4S/c1-24-16-8-4-3-7-15(16)20(25(2,22)23)11-9-17(21)19-13-14-6-5-10-18-12-14/h3-8,10,12H,9,11,13H2,1-2H3,(H,19,21). The number of carbonyl (C=O) groups is 1. The lowest BCUT2D eigenvalue weighted by molar-refractivity contribution is -0.121. The Morgan fingerprint density at radius 1 is 1.24 bits per heavy atom. The SMILES string of the molecule is COc1ccccc1N(CCC(=O)NCc1cccnc1)S(C)(=O)=O. The van der Waals surface area contributed by atoms with Crippen LogP contribution < -0.4 is 14.4 Å². The maximum Gasteiger partial charge on any atom is 0.232 e. The Hall–Kier alpha value is -2.61. The van der Waals surface area contributed by atoms with Gasteiger partial charge in [-0.3, -0.25) is 14.1 Å². The Labute approximate surface area is 147 Å². The topological polar surface area (TPSA) is 88.6 Å². The van der Waals surface area contributed by atoms with Crippen molar-refractivity contribution in [3.8, 4) is 5.75 Å². The molecular formula is C17H21N3O4S. The average molecular weight is 363 g/mol. The molecule has 0 radical (unpaired) electrons. The van der Waals surface area contributed by atoms with Gasteiger partial charge >= 0.3 is 0 Å². The third kappa shape index (κ3) is 5.46. The summed E-state index contributed by atoms with van der Waals surface area (Å²) in [4.78, 5) is 16.0. The van der Waals surface area contributed by atoms with Crippen molar-refractivity contribution in [2.45, 2.75) is 13.0 Å². The van der Waals surface area contributed by atoms with E-state index in [0.717, 1.165) is 11.8 Å².